The summed E-state index contributed by atoms with van der Waals surface area (Å²) in [6.07, 6.45) is 5.14. The molecule has 7 heteroatoms. The molecule has 1 aliphatic rings. The van der Waals surface area contributed by atoms with Gasteiger partial charge in [0, 0.05) is 11.6 Å². The lowest BCUT2D eigenvalue weighted by atomic mass is 10.1. The molecule has 136 valence electrons. The van der Waals surface area contributed by atoms with E-state index in [4.69, 9.17) is 27.9 Å². The minimum atomic E-state index is -0.406. The summed E-state index contributed by atoms with van der Waals surface area (Å²) in [5.41, 5.74) is 1.99. The molecule has 4 rings (SSSR count). The number of nitrogens with one attached hydrogen (secondary N) is 1. The van der Waals surface area contributed by atoms with E-state index in [0.29, 0.717) is 33.5 Å². The summed E-state index contributed by atoms with van der Waals surface area (Å²) in [6, 6.07) is 8.59. The summed E-state index contributed by atoms with van der Waals surface area (Å²) in [5, 5.41) is 3.97. The average Bonchev–Trinajstić information content (AvgIpc) is 3.04. The van der Waals surface area contributed by atoms with Crippen LogP contribution in [0.4, 0.5) is 15.8 Å². The molecule has 1 fully saturated rings. The Bertz CT molecular complexity index is 938. The molecule has 0 bridgehead atoms. The topological polar surface area (TPSA) is 39.1 Å². The summed E-state index contributed by atoms with van der Waals surface area (Å²) < 4.78 is 22.6. The number of benzene rings is 2. The van der Waals surface area contributed by atoms with Crippen LogP contribution in [0.3, 0.4) is 0 Å². The first-order chi connectivity index (χ1) is 12.6. The number of anilines is 2. The van der Waals surface area contributed by atoms with E-state index in [0.717, 1.165) is 25.0 Å². The van der Waals surface area contributed by atoms with E-state index >= 15 is 0 Å². The van der Waals surface area contributed by atoms with Crippen LogP contribution < -0.4 is 5.32 Å². The lowest BCUT2D eigenvalue weighted by Crippen LogP contribution is -2.24. The van der Waals surface area contributed by atoms with Gasteiger partial charge in [-0.2, -0.15) is 0 Å². The highest BCUT2D eigenvalue weighted by atomic mass is 35.5. The van der Waals surface area contributed by atoms with Gasteiger partial charge in [-0.1, -0.05) is 23.2 Å². The van der Waals surface area contributed by atoms with Gasteiger partial charge in [-0.3, -0.25) is 0 Å². The summed E-state index contributed by atoms with van der Waals surface area (Å²) in [4.78, 5) is 4.26. The Labute approximate surface area is 160 Å². The van der Waals surface area contributed by atoms with Gasteiger partial charge in [0.25, 0.3) is 0 Å². The van der Waals surface area contributed by atoms with E-state index in [1.54, 1.807) is 30.6 Å². The van der Waals surface area contributed by atoms with Crippen LogP contribution in [0.1, 0.15) is 19.3 Å². The second-order valence-corrected chi connectivity index (χ2v) is 7.27. The number of hydrogen-bond acceptors (Lipinski definition) is 3. The Kier molecular flexibility index (Phi) is 5.02. The van der Waals surface area contributed by atoms with E-state index in [2.05, 4.69) is 10.3 Å². The van der Waals surface area contributed by atoms with Crippen LogP contribution in [0.2, 0.25) is 10.0 Å². The molecule has 1 aliphatic heterocycles. The van der Waals surface area contributed by atoms with Crippen LogP contribution >= 0.6 is 23.2 Å². The second kappa shape index (κ2) is 7.43. The standard InChI is InChI=1S/C19H18Cl2FN3O/c20-12-4-5-15(14(21)9-12)24-16-6-7-17-19(18(16)22)23-11-25(17)10-13-3-1-2-8-26-13/h4-7,9,11,13,24H,1-3,8,10H2. The predicted octanol–water partition coefficient (Wildman–Crippen LogP) is 5.79. The molecule has 0 radical (unpaired) electrons. The third kappa shape index (κ3) is 3.52. The van der Waals surface area contributed by atoms with Crippen molar-refractivity contribution in [2.75, 3.05) is 11.9 Å². The molecule has 1 N–H and O–H groups in total. The first-order valence-corrected chi connectivity index (χ1v) is 9.34. The fourth-order valence-corrected chi connectivity index (χ4v) is 3.70. The average molecular weight is 394 g/mol. The van der Waals surface area contributed by atoms with Gasteiger partial charge in [0.15, 0.2) is 5.82 Å². The fraction of sp³-hybridized carbons (Fsp3) is 0.316. The molecule has 0 saturated carbocycles. The van der Waals surface area contributed by atoms with E-state index < -0.39 is 5.82 Å². The van der Waals surface area contributed by atoms with Crippen molar-refractivity contribution >= 4 is 45.6 Å². The Hall–Kier alpha value is -1.82. The van der Waals surface area contributed by atoms with Gasteiger partial charge >= 0.3 is 0 Å². The minimum Gasteiger partial charge on any atom is -0.376 e. The van der Waals surface area contributed by atoms with Crippen LogP contribution in [0, 0.1) is 5.82 Å². The number of fused-ring (bicyclic) bond motifs is 1. The van der Waals surface area contributed by atoms with Gasteiger partial charge in [-0.05, 0) is 49.6 Å². The predicted molar refractivity (Wildman–Crippen MR) is 103 cm³/mol. The highest BCUT2D eigenvalue weighted by molar-refractivity contribution is 6.36. The largest absolute Gasteiger partial charge is 0.376 e. The summed E-state index contributed by atoms with van der Waals surface area (Å²) >= 11 is 12.1. The monoisotopic (exact) mass is 393 g/mol. The number of hydrogen-bond donors (Lipinski definition) is 1. The van der Waals surface area contributed by atoms with Gasteiger partial charge < -0.3 is 14.6 Å². The summed E-state index contributed by atoms with van der Waals surface area (Å²) in [6.45, 7) is 1.48. The zero-order valence-electron chi connectivity index (χ0n) is 14.0. The molecule has 0 aliphatic carbocycles. The maximum absolute atomic E-state index is 14.9. The van der Waals surface area contributed by atoms with Crippen molar-refractivity contribution in [3.8, 4) is 0 Å². The second-order valence-electron chi connectivity index (χ2n) is 6.43. The molecule has 1 unspecified atom stereocenters. The molecule has 0 amide bonds. The van der Waals surface area contributed by atoms with Crippen LogP contribution in [0.25, 0.3) is 11.0 Å². The molecule has 26 heavy (non-hydrogen) atoms. The highest BCUT2D eigenvalue weighted by Crippen LogP contribution is 2.31. The molecule has 1 atom stereocenters. The minimum absolute atomic E-state index is 0.162. The van der Waals surface area contributed by atoms with E-state index in [9.17, 15) is 4.39 Å². The zero-order valence-corrected chi connectivity index (χ0v) is 15.5. The number of imidazole rings is 1. The molecule has 2 heterocycles. The molecule has 1 aromatic heterocycles. The smallest absolute Gasteiger partial charge is 0.174 e. The van der Waals surface area contributed by atoms with Crippen molar-refractivity contribution in [1.29, 1.82) is 0 Å². The Morgan fingerprint density at radius 2 is 2.04 bits per heavy atom. The van der Waals surface area contributed by atoms with Crippen molar-refractivity contribution < 1.29 is 9.13 Å². The Balaban J connectivity index is 1.61. The van der Waals surface area contributed by atoms with E-state index in [1.807, 2.05) is 10.6 Å². The summed E-state index contributed by atoms with van der Waals surface area (Å²) in [5.74, 6) is -0.406. The van der Waals surface area contributed by atoms with Crippen molar-refractivity contribution in [3.63, 3.8) is 0 Å². The number of aromatic nitrogens is 2. The van der Waals surface area contributed by atoms with Crippen LogP contribution in [0.5, 0.6) is 0 Å². The Morgan fingerprint density at radius 3 is 2.81 bits per heavy atom. The maximum Gasteiger partial charge on any atom is 0.174 e. The summed E-state index contributed by atoms with van der Waals surface area (Å²) in [7, 11) is 0. The molecule has 4 nitrogen and oxygen atoms in total. The third-order valence-electron chi connectivity index (χ3n) is 4.61. The number of ether oxygens (including phenoxy) is 1. The SMILES string of the molecule is Fc1c(Nc2ccc(Cl)cc2Cl)ccc2c1ncn2CC1CCCCO1. The third-order valence-corrected chi connectivity index (χ3v) is 5.15. The highest BCUT2D eigenvalue weighted by Gasteiger charge is 2.18. The van der Waals surface area contributed by atoms with Crippen molar-refractivity contribution in [2.45, 2.75) is 31.9 Å². The molecular formula is C19H18Cl2FN3O. The number of halogens is 3. The van der Waals surface area contributed by atoms with Crippen molar-refractivity contribution in [1.82, 2.24) is 9.55 Å². The molecular weight excluding hydrogens is 376 g/mol. The zero-order chi connectivity index (χ0) is 18.1. The first kappa shape index (κ1) is 17.6. The molecule has 0 spiro atoms. The first-order valence-electron chi connectivity index (χ1n) is 8.59. The number of nitrogens with zero attached hydrogens (tertiary/aromatic N) is 2. The van der Waals surface area contributed by atoms with Gasteiger partial charge in [0.1, 0.15) is 5.52 Å². The molecule has 3 aromatic rings. The normalized spacial score (nSPS) is 17.6. The van der Waals surface area contributed by atoms with Crippen LogP contribution in [-0.2, 0) is 11.3 Å². The Morgan fingerprint density at radius 1 is 1.19 bits per heavy atom. The molecule has 1 saturated heterocycles. The van der Waals surface area contributed by atoms with E-state index in [-0.39, 0.29) is 6.10 Å². The molecule has 2 aromatic carbocycles. The van der Waals surface area contributed by atoms with E-state index in [1.165, 1.54) is 6.42 Å². The maximum atomic E-state index is 14.9. The lowest BCUT2D eigenvalue weighted by Gasteiger charge is -2.23. The van der Waals surface area contributed by atoms with Gasteiger partial charge in [-0.25, -0.2) is 9.37 Å². The number of rotatable bonds is 4. The van der Waals surface area contributed by atoms with Gasteiger partial charge in [0.2, 0.25) is 0 Å². The van der Waals surface area contributed by atoms with Crippen molar-refractivity contribution in [2.24, 2.45) is 0 Å². The fourth-order valence-electron chi connectivity index (χ4n) is 3.25. The van der Waals surface area contributed by atoms with Crippen molar-refractivity contribution in [3.05, 3.63) is 52.5 Å². The van der Waals surface area contributed by atoms with Gasteiger partial charge in [0.05, 0.1) is 40.9 Å². The van der Waals surface area contributed by atoms with Gasteiger partial charge in [-0.15, -0.1) is 0 Å². The quantitative estimate of drug-likeness (QED) is 0.608. The van der Waals surface area contributed by atoms with Crippen LogP contribution in [0.15, 0.2) is 36.7 Å². The lowest BCUT2D eigenvalue weighted by molar-refractivity contribution is 0.00661. The van der Waals surface area contributed by atoms with Crippen LogP contribution in [-0.4, -0.2) is 22.3 Å².